The minimum absolute atomic E-state index is 0.138. The Morgan fingerprint density at radius 3 is 2.59 bits per heavy atom. The Labute approximate surface area is 125 Å². The van der Waals surface area contributed by atoms with Crippen LogP contribution in [0.5, 0.6) is 0 Å². The van der Waals surface area contributed by atoms with E-state index < -0.39 is 35.0 Å². The van der Waals surface area contributed by atoms with Gasteiger partial charge in [0.25, 0.3) is 0 Å². The molecule has 1 aromatic rings. The normalized spacial score (nSPS) is 23.2. The molecular weight excluding hydrogens is 296 g/mol. The van der Waals surface area contributed by atoms with Crippen LogP contribution in [0.1, 0.15) is 24.5 Å². The van der Waals surface area contributed by atoms with Crippen LogP contribution in [0.3, 0.4) is 0 Å². The molecule has 0 bridgehead atoms. The molecule has 1 aliphatic heterocycles. The average molecular weight is 311 g/mol. The monoisotopic (exact) mass is 311 g/mol. The summed E-state index contributed by atoms with van der Waals surface area (Å²) < 4.78 is 31.8. The summed E-state index contributed by atoms with van der Waals surface area (Å²) in [6.45, 7) is 0.665. The Bertz CT molecular complexity index is 630. The summed E-state index contributed by atoms with van der Waals surface area (Å²) in [4.78, 5) is 25.0. The first kappa shape index (κ1) is 14.9. The van der Waals surface area contributed by atoms with Gasteiger partial charge in [-0.3, -0.25) is 9.59 Å². The molecule has 2 fully saturated rings. The van der Waals surface area contributed by atoms with E-state index in [1.165, 1.54) is 11.0 Å². The van der Waals surface area contributed by atoms with Gasteiger partial charge in [-0.1, -0.05) is 6.07 Å². The number of carbonyl (C=O) groups is 2. The third-order valence-corrected chi connectivity index (χ3v) is 4.24. The highest BCUT2D eigenvalue weighted by Crippen LogP contribution is 2.48. The fourth-order valence-corrected chi connectivity index (χ4v) is 2.69. The summed E-state index contributed by atoms with van der Waals surface area (Å²) in [7, 11) is 0. The maximum absolute atomic E-state index is 13.3. The molecule has 1 amide bonds. The van der Waals surface area contributed by atoms with Crippen LogP contribution in [-0.2, 0) is 14.3 Å². The van der Waals surface area contributed by atoms with Crippen molar-refractivity contribution in [3.05, 3.63) is 35.4 Å². The molecule has 1 heterocycles. The Kier molecular flexibility index (Phi) is 3.60. The summed E-state index contributed by atoms with van der Waals surface area (Å²) in [5.41, 5.74) is -0.868. The van der Waals surface area contributed by atoms with E-state index in [4.69, 9.17) is 4.74 Å². The topological polar surface area (TPSA) is 66.8 Å². The van der Waals surface area contributed by atoms with Gasteiger partial charge in [-0.15, -0.1) is 0 Å². The van der Waals surface area contributed by atoms with Gasteiger partial charge in [0.15, 0.2) is 11.6 Å². The van der Waals surface area contributed by atoms with Crippen molar-refractivity contribution < 1.29 is 28.2 Å². The highest BCUT2D eigenvalue weighted by atomic mass is 19.2. The molecule has 1 aliphatic carbocycles. The van der Waals surface area contributed by atoms with E-state index in [-0.39, 0.29) is 13.2 Å². The van der Waals surface area contributed by atoms with Crippen molar-refractivity contribution in [2.75, 3.05) is 19.7 Å². The van der Waals surface area contributed by atoms with Crippen molar-refractivity contribution in [2.45, 2.75) is 18.9 Å². The number of hydrogen-bond donors (Lipinski definition) is 1. The lowest BCUT2D eigenvalue weighted by Crippen LogP contribution is -2.47. The summed E-state index contributed by atoms with van der Waals surface area (Å²) in [6.07, 6.45) is 0.0975. The number of benzene rings is 1. The first-order valence-electron chi connectivity index (χ1n) is 7.03. The second-order valence-electron chi connectivity index (χ2n) is 5.67. The van der Waals surface area contributed by atoms with E-state index in [1.807, 2.05) is 0 Å². The van der Waals surface area contributed by atoms with Gasteiger partial charge >= 0.3 is 5.97 Å². The van der Waals surface area contributed by atoms with Crippen LogP contribution in [-0.4, -0.2) is 41.6 Å². The van der Waals surface area contributed by atoms with E-state index in [0.29, 0.717) is 24.9 Å². The van der Waals surface area contributed by atoms with Crippen molar-refractivity contribution in [3.8, 4) is 0 Å². The summed E-state index contributed by atoms with van der Waals surface area (Å²) in [5, 5.41) is 9.18. The zero-order valence-electron chi connectivity index (χ0n) is 11.7. The predicted molar refractivity (Wildman–Crippen MR) is 70.9 cm³/mol. The lowest BCUT2D eigenvalue weighted by atomic mass is 10.0. The molecule has 0 aromatic heterocycles. The molecule has 1 N–H and O–H groups in total. The van der Waals surface area contributed by atoms with Crippen LogP contribution in [0.2, 0.25) is 0 Å². The van der Waals surface area contributed by atoms with E-state index in [0.717, 1.165) is 12.1 Å². The fourth-order valence-electron chi connectivity index (χ4n) is 2.69. The molecule has 0 spiro atoms. The molecule has 1 saturated carbocycles. The SMILES string of the molecule is O=C(O)C1(C(=O)N2CCO[C@H](c3ccc(F)c(F)c3)C2)CC1. The molecule has 118 valence electrons. The van der Waals surface area contributed by atoms with Gasteiger partial charge < -0.3 is 14.7 Å². The van der Waals surface area contributed by atoms with Crippen LogP contribution in [0.15, 0.2) is 18.2 Å². The zero-order chi connectivity index (χ0) is 15.9. The van der Waals surface area contributed by atoms with Crippen LogP contribution in [0.4, 0.5) is 8.78 Å². The number of carboxylic acid groups (broad SMARTS) is 1. The molecule has 0 radical (unpaired) electrons. The summed E-state index contributed by atoms with van der Waals surface area (Å²) in [6, 6.07) is 3.45. The number of morpholine rings is 1. The van der Waals surface area contributed by atoms with Crippen molar-refractivity contribution >= 4 is 11.9 Å². The Morgan fingerprint density at radius 1 is 1.27 bits per heavy atom. The number of carboxylic acids is 1. The van der Waals surface area contributed by atoms with Gasteiger partial charge in [0, 0.05) is 6.54 Å². The lowest BCUT2D eigenvalue weighted by molar-refractivity contribution is -0.157. The van der Waals surface area contributed by atoms with E-state index in [2.05, 4.69) is 0 Å². The highest BCUT2D eigenvalue weighted by Gasteiger charge is 2.58. The van der Waals surface area contributed by atoms with Crippen LogP contribution < -0.4 is 0 Å². The van der Waals surface area contributed by atoms with E-state index >= 15 is 0 Å². The largest absolute Gasteiger partial charge is 0.480 e. The van der Waals surface area contributed by atoms with Crippen molar-refractivity contribution in [1.29, 1.82) is 0 Å². The highest BCUT2D eigenvalue weighted by molar-refractivity contribution is 6.04. The predicted octanol–water partition coefficient (Wildman–Crippen LogP) is 1.73. The summed E-state index contributed by atoms with van der Waals surface area (Å²) in [5.74, 6) is -3.45. The molecule has 0 unspecified atom stereocenters. The first-order valence-corrected chi connectivity index (χ1v) is 7.03. The minimum atomic E-state index is -1.30. The number of halogens is 2. The molecule has 3 rings (SSSR count). The van der Waals surface area contributed by atoms with Gasteiger partial charge in [0.1, 0.15) is 11.5 Å². The first-order chi connectivity index (χ1) is 10.4. The quantitative estimate of drug-likeness (QED) is 0.863. The maximum Gasteiger partial charge on any atom is 0.319 e. The Hall–Kier alpha value is -2.02. The number of hydrogen-bond acceptors (Lipinski definition) is 3. The van der Waals surface area contributed by atoms with Gasteiger partial charge in [0.05, 0.1) is 13.2 Å². The zero-order valence-corrected chi connectivity index (χ0v) is 11.7. The third-order valence-electron chi connectivity index (χ3n) is 4.24. The van der Waals surface area contributed by atoms with Crippen LogP contribution >= 0.6 is 0 Å². The third kappa shape index (κ3) is 2.45. The van der Waals surface area contributed by atoms with Gasteiger partial charge in [0.2, 0.25) is 5.91 Å². The minimum Gasteiger partial charge on any atom is -0.480 e. The van der Waals surface area contributed by atoms with Crippen molar-refractivity contribution in [3.63, 3.8) is 0 Å². The summed E-state index contributed by atoms with van der Waals surface area (Å²) >= 11 is 0. The van der Waals surface area contributed by atoms with Gasteiger partial charge in [-0.2, -0.15) is 0 Å². The molecule has 5 nitrogen and oxygen atoms in total. The smallest absolute Gasteiger partial charge is 0.319 e. The molecule has 7 heteroatoms. The number of ether oxygens (including phenoxy) is 1. The number of aliphatic carboxylic acids is 1. The van der Waals surface area contributed by atoms with Gasteiger partial charge in [-0.25, -0.2) is 8.78 Å². The number of amides is 1. The van der Waals surface area contributed by atoms with E-state index in [1.54, 1.807) is 0 Å². The van der Waals surface area contributed by atoms with Gasteiger partial charge in [-0.05, 0) is 30.5 Å². The van der Waals surface area contributed by atoms with Crippen LogP contribution in [0.25, 0.3) is 0 Å². The second kappa shape index (κ2) is 5.31. The standard InChI is InChI=1S/C15H15F2NO4/c16-10-2-1-9(7-11(10)17)12-8-18(5-6-22-12)13(19)15(3-4-15)14(20)21/h1-2,7,12H,3-6,8H2,(H,20,21)/t12-/m0/s1. The van der Waals surface area contributed by atoms with Crippen molar-refractivity contribution in [2.24, 2.45) is 5.41 Å². The van der Waals surface area contributed by atoms with Crippen LogP contribution in [0, 0.1) is 17.0 Å². The van der Waals surface area contributed by atoms with Crippen molar-refractivity contribution in [1.82, 2.24) is 4.90 Å². The lowest BCUT2D eigenvalue weighted by Gasteiger charge is -2.34. The molecular formula is C15H15F2NO4. The molecule has 1 saturated heterocycles. The maximum atomic E-state index is 13.3. The molecule has 2 aliphatic rings. The molecule has 22 heavy (non-hydrogen) atoms. The van der Waals surface area contributed by atoms with E-state index in [9.17, 15) is 23.5 Å². The number of rotatable bonds is 3. The Morgan fingerprint density at radius 2 is 2.00 bits per heavy atom. The fraction of sp³-hybridized carbons (Fsp3) is 0.467. The second-order valence-corrected chi connectivity index (χ2v) is 5.67. The number of carbonyl (C=O) groups excluding carboxylic acids is 1. The molecule has 1 atom stereocenters. The molecule has 1 aromatic carbocycles. The Balaban J connectivity index is 1.75. The average Bonchev–Trinajstić information content (AvgIpc) is 3.31. The number of nitrogens with zero attached hydrogens (tertiary/aromatic N) is 1.